The average Bonchev–Trinajstić information content (AvgIpc) is 2.58. The van der Waals surface area contributed by atoms with Crippen molar-refractivity contribution in [1.29, 1.82) is 0 Å². The van der Waals surface area contributed by atoms with Crippen molar-refractivity contribution in [2.24, 2.45) is 0 Å². The fourth-order valence-corrected chi connectivity index (χ4v) is 2.77. The lowest BCUT2D eigenvalue weighted by molar-refractivity contribution is -0.142. The highest BCUT2D eigenvalue weighted by atomic mass is 19.4. The second-order valence-corrected chi connectivity index (χ2v) is 6.22. The fourth-order valence-electron chi connectivity index (χ4n) is 2.77. The van der Waals surface area contributed by atoms with E-state index in [-0.39, 0.29) is 17.5 Å². The lowest BCUT2D eigenvalue weighted by atomic mass is 9.99. The van der Waals surface area contributed by atoms with Gasteiger partial charge in [0.25, 0.3) is 0 Å². The molecule has 0 saturated carbocycles. The first-order valence-electron chi connectivity index (χ1n) is 8.52. The number of rotatable bonds is 7. The maximum Gasteiger partial charge on any atom is 0.433 e. The number of halogens is 6. The van der Waals surface area contributed by atoms with E-state index in [0.29, 0.717) is 18.7 Å². The van der Waals surface area contributed by atoms with Gasteiger partial charge in [-0.15, -0.1) is 0 Å². The molecule has 0 unspecified atom stereocenters. The smallest absolute Gasteiger partial charge is 0.387 e. The minimum atomic E-state index is -4.93. The summed E-state index contributed by atoms with van der Waals surface area (Å²) in [5.41, 5.74) is -3.79. The van der Waals surface area contributed by atoms with E-state index in [1.165, 1.54) is 6.07 Å². The molecule has 0 aliphatic heterocycles. The number of hydrogen-bond donors (Lipinski definition) is 2. The van der Waals surface area contributed by atoms with Gasteiger partial charge in [0.15, 0.2) is 0 Å². The maximum atomic E-state index is 13.2. The number of unbranched alkanes of at least 4 members (excludes halogenated alkanes) is 2. The molecular formula is C18H20F6N2O. The Hall–Kier alpha value is -1.87. The largest absolute Gasteiger partial charge is 0.433 e. The summed E-state index contributed by atoms with van der Waals surface area (Å²) >= 11 is 0. The van der Waals surface area contributed by atoms with E-state index in [1.54, 1.807) is 0 Å². The van der Waals surface area contributed by atoms with E-state index in [1.807, 2.05) is 6.92 Å². The Morgan fingerprint density at radius 2 is 1.78 bits per heavy atom. The van der Waals surface area contributed by atoms with Crippen LogP contribution >= 0.6 is 0 Å². The molecule has 1 aromatic heterocycles. The summed E-state index contributed by atoms with van der Waals surface area (Å²) in [5.74, 6) is 0. The van der Waals surface area contributed by atoms with Crippen LogP contribution in [0.3, 0.4) is 0 Å². The summed E-state index contributed by atoms with van der Waals surface area (Å²) in [6.07, 6.45) is -8.44. The predicted octanol–water partition coefficient (Wildman–Crippen LogP) is 5.09. The van der Waals surface area contributed by atoms with Crippen LogP contribution < -0.4 is 5.32 Å². The van der Waals surface area contributed by atoms with Crippen molar-refractivity contribution in [2.45, 2.75) is 44.6 Å². The Kier molecular flexibility index (Phi) is 6.69. The van der Waals surface area contributed by atoms with Crippen molar-refractivity contribution in [1.82, 2.24) is 10.3 Å². The Morgan fingerprint density at radius 3 is 2.37 bits per heavy atom. The third-order valence-electron chi connectivity index (χ3n) is 4.12. The van der Waals surface area contributed by atoms with Crippen LogP contribution in [-0.2, 0) is 12.4 Å². The van der Waals surface area contributed by atoms with Crippen LogP contribution in [0.15, 0.2) is 24.3 Å². The van der Waals surface area contributed by atoms with Gasteiger partial charge in [0.05, 0.1) is 17.2 Å². The summed E-state index contributed by atoms with van der Waals surface area (Å²) in [6, 6.07) is 3.61. The van der Waals surface area contributed by atoms with Gasteiger partial charge in [0, 0.05) is 11.9 Å². The molecule has 2 aromatic rings. The molecule has 2 N–H and O–H groups in total. The third-order valence-corrected chi connectivity index (χ3v) is 4.12. The zero-order chi connectivity index (χ0) is 20.2. The number of benzene rings is 1. The minimum Gasteiger partial charge on any atom is -0.387 e. The highest BCUT2D eigenvalue weighted by Gasteiger charge is 2.37. The normalized spacial score (nSPS) is 13.9. The molecule has 0 radical (unpaired) electrons. The average molecular weight is 394 g/mol. The van der Waals surface area contributed by atoms with Crippen molar-refractivity contribution in [3.05, 3.63) is 41.1 Å². The number of fused-ring (bicyclic) bond motifs is 1. The Balaban J connectivity index is 2.47. The molecular weight excluding hydrogens is 374 g/mol. The number of aliphatic hydroxyl groups is 1. The topological polar surface area (TPSA) is 45.1 Å². The van der Waals surface area contributed by atoms with E-state index < -0.39 is 35.2 Å². The Morgan fingerprint density at radius 1 is 1.07 bits per heavy atom. The number of aromatic nitrogens is 1. The molecule has 1 atom stereocenters. The van der Waals surface area contributed by atoms with E-state index in [9.17, 15) is 31.4 Å². The SMILES string of the molecule is CCCCCNC[C@H](O)c1cc(C(F)(F)F)nc2c(C(F)(F)F)cccc12. The van der Waals surface area contributed by atoms with E-state index in [2.05, 4.69) is 10.3 Å². The third kappa shape index (κ3) is 5.32. The number of hydrogen-bond acceptors (Lipinski definition) is 3. The summed E-state index contributed by atoms with van der Waals surface area (Å²) in [6.45, 7) is 2.49. The van der Waals surface area contributed by atoms with Crippen LogP contribution in [0.2, 0.25) is 0 Å². The second kappa shape index (κ2) is 8.43. The molecule has 0 saturated heterocycles. The van der Waals surface area contributed by atoms with E-state index in [4.69, 9.17) is 0 Å². The molecule has 0 bridgehead atoms. The number of pyridine rings is 1. The summed E-state index contributed by atoms with van der Waals surface area (Å²) in [7, 11) is 0. The Labute approximate surface area is 152 Å². The summed E-state index contributed by atoms with van der Waals surface area (Å²) < 4.78 is 79.0. The van der Waals surface area contributed by atoms with Gasteiger partial charge in [-0.05, 0) is 30.7 Å². The minimum absolute atomic E-state index is 0.0730. The van der Waals surface area contributed by atoms with Crippen molar-refractivity contribution in [3.63, 3.8) is 0 Å². The van der Waals surface area contributed by atoms with E-state index >= 15 is 0 Å². The molecule has 0 amide bonds. The quantitative estimate of drug-likeness (QED) is 0.508. The highest BCUT2D eigenvalue weighted by molar-refractivity contribution is 5.86. The maximum absolute atomic E-state index is 13.2. The van der Waals surface area contributed by atoms with Crippen LogP contribution in [0.5, 0.6) is 0 Å². The van der Waals surface area contributed by atoms with Gasteiger partial charge in [-0.3, -0.25) is 0 Å². The molecule has 3 nitrogen and oxygen atoms in total. The number of para-hydroxylation sites is 1. The van der Waals surface area contributed by atoms with Crippen molar-refractivity contribution in [2.75, 3.05) is 13.1 Å². The van der Waals surface area contributed by atoms with Crippen LogP contribution in [-0.4, -0.2) is 23.2 Å². The lowest BCUT2D eigenvalue weighted by Gasteiger charge is -2.19. The molecule has 0 aliphatic rings. The Bertz CT molecular complexity index is 773. The van der Waals surface area contributed by atoms with Crippen molar-refractivity contribution < 1.29 is 31.4 Å². The van der Waals surface area contributed by atoms with Crippen LogP contribution in [0.25, 0.3) is 10.9 Å². The van der Waals surface area contributed by atoms with Crippen molar-refractivity contribution >= 4 is 10.9 Å². The molecule has 0 aliphatic carbocycles. The van der Waals surface area contributed by atoms with Crippen LogP contribution in [0, 0.1) is 0 Å². The molecule has 150 valence electrons. The van der Waals surface area contributed by atoms with E-state index in [0.717, 1.165) is 25.3 Å². The van der Waals surface area contributed by atoms with Gasteiger partial charge >= 0.3 is 12.4 Å². The van der Waals surface area contributed by atoms with Crippen molar-refractivity contribution in [3.8, 4) is 0 Å². The zero-order valence-corrected chi connectivity index (χ0v) is 14.6. The highest BCUT2D eigenvalue weighted by Crippen LogP contribution is 2.38. The number of nitrogens with one attached hydrogen (secondary N) is 1. The number of nitrogens with zero attached hydrogens (tertiary/aromatic N) is 1. The van der Waals surface area contributed by atoms with Gasteiger partial charge in [-0.1, -0.05) is 31.9 Å². The summed E-state index contributed by atoms with van der Waals surface area (Å²) in [5, 5.41) is 13.1. The van der Waals surface area contributed by atoms with Gasteiger partial charge in [0.2, 0.25) is 0 Å². The molecule has 9 heteroatoms. The lowest BCUT2D eigenvalue weighted by Crippen LogP contribution is -2.23. The summed E-state index contributed by atoms with van der Waals surface area (Å²) in [4.78, 5) is 3.20. The van der Waals surface area contributed by atoms with Gasteiger partial charge in [-0.2, -0.15) is 26.3 Å². The van der Waals surface area contributed by atoms with Gasteiger partial charge in [-0.25, -0.2) is 4.98 Å². The van der Waals surface area contributed by atoms with Gasteiger partial charge in [0.1, 0.15) is 5.69 Å². The predicted molar refractivity (Wildman–Crippen MR) is 89.1 cm³/mol. The van der Waals surface area contributed by atoms with Gasteiger partial charge < -0.3 is 10.4 Å². The molecule has 27 heavy (non-hydrogen) atoms. The second-order valence-electron chi connectivity index (χ2n) is 6.22. The molecule has 1 heterocycles. The molecule has 0 fully saturated rings. The fraction of sp³-hybridized carbons (Fsp3) is 0.500. The molecule has 0 spiro atoms. The number of alkyl halides is 6. The monoisotopic (exact) mass is 394 g/mol. The molecule has 1 aromatic carbocycles. The standard InChI is InChI=1S/C18H20F6N2O/c1-2-3-4-8-25-10-14(27)12-9-15(18(22,23)24)26-16-11(12)6-5-7-13(16)17(19,20)21/h5-7,9,14,25,27H,2-4,8,10H2,1H3/t14-/m0/s1. The van der Waals surface area contributed by atoms with Crippen LogP contribution in [0.4, 0.5) is 26.3 Å². The number of aliphatic hydroxyl groups excluding tert-OH is 1. The first kappa shape index (κ1) is 21.4. The first-order valence-corrected chi connectivity index (χ1v) is 8.52. The zero-order valence-electron chi connectivity index (χ0n) is 14.6. The molecule has 2 rings (SSSR count). The first-order chi connectivity index (χ1) is 12.6. The van der Waals surface area contributed by atoms with Crippen LogP contribution in [0.1, 0.15) is 49.1 Å².